The van der Waals surface area contributed by atoms with Gasteiger partial charge in [0, 0.05) is 0 Å². The molecule has 0 aliphatic carbocycles. The monoisotopic (exact) mass is 376 g/mol. The summed E-state index contributed by atoms with van der Waals surface area (Å²) in [4.78, 5) is 11.7. The summed E-state index contributed by atoms with van der Waals surface area (Å²) in [6.45, 7) is -0.511. The molecular weight excluding hydrogens is 366 g/mol. The van der Waals surface area contributed by atoms with Gasteiger partial charge in [-0.2, -0.15) is 0 Å². The lowest BCUT2D eigenvalue weighted by molar-refractivity contribution is -0.115. The molecule has 0 fully saturated rings. The van der Waals surface area contributed by atoms with Crippen LogP contribution in [0.4, 0.5) is 10.1 Å². The van der Waals surface area contributed by atoms with E-state index in [1.165, 1.54) is 6.07 Å². The first-order valence-electron chi connectivity index (χ1n) is 6.29. The summed E-state index contributed by atoms with van der Waals surface area (Å²) in [6.07, 6.45) is 0. The number of anilines is 1. The largest absolute Gasteiger partial charge is 0.324 e. The molecule has 0 atom stereocenters. The van der Waals surface area contributed by atoms with Crippen LogP contribution in [0.1, 0.15) is 0 Å². The molecule has 0 aliphatic heterocycles. The van der Waals surface area contributed by atoms with Gasteiger partial charge in [-0.15, -0.1) is 0 Å². The molecule has 0 saturated heterocycles. The van der Waals surface area contributed by atoms with Gasteiger partial charge in [0.25, 0.3) is 0 Å². The fraction of sp³-hybridized carbons (Fsp3) is 0.0714. The van der Waals surface area contributed by atoms with Crippen molar-refractivity contribution in [2.45, 2.75) is 4.90 Å². The third-order valence-corrected chi connectivity index (χ3v) is 5.01. The van der Waals surface area contributed by atoms with E-state index in [-0.39, 0.29) is 20.6 Å². The van der Waals surface area contributed by atoms with Crippen LogP contribution in [0.15, 0.2) is 47.4 Å². The van der Waals surface area contributed by atoms with Crippen LogP contribution < -0.4 is 10.0 Å². The zero-order chi connectivity index (χ0) is 17.0. The second-order valence-corrected chi connectivity index (χ2v) is 6.98. The maximum absolute atomic E-state index is 12.8. The number of hydrogen-bond acceptors (Lipinski definition) is 3. The molecule has 0 saturated carbocycles. The molecule has 0 heterocycles. The molecule has 0 spiro atoms. The fourth-order valence-corrected chi connectivity index (χ4v) is 2.98. The van der Waals surface area contributed by atoms with Crippen LogP contribution in [0, 0.1) is 5.82 Å². The summed E-state index contributed by atoms with van der Waals surface area (Å²) in [7, 11) is -3.92. The molecule has 0 aromatic heterocycles. The lowest BCUT2D eigenvalue weighted by Gasteiger charge is -2.09. The van der Waals surface area contributed by atoms with E-state index in [2.05, 4.69) is 10.0 Å². The van der Waals surface area contributed by atoms with Crippen LogP contribution >= 0.6 is 23.2 Å². The van der Waals surface area contributed by atoms with Crippen molar-refractivity contribution in [2.24, 2.45) is 0 Å². The molecule has 1 amide bonds. The van der Waals surface area contributed by atoms with Crippen LogP contribution in [0.3, 0.4) is 0 Å². The maximum atomic E-state index is 12.8. The molecule has 2 aromatic carbocycles. The molecule has 23 heavy (non-hydrogen) atoms. The van der Waals surface area contributed by atoms with Crippen molar-refractivity contribution in [1.29, 1.82) is 0 Å². The Labute approximate surface area is 142 Å². The standard InChI is InChI=1S/C14H11Cl2FN2O3S/c15-11-2-1-3-12(14(11)16)19-13(20)8-18-23(21,22)10-6-4-9(17)5-7-10/h1-7,18H,8H2,(H,19,20). The average molecular weight is 377 g/mol. The third kappa shape index (κ3) is 4.65. The minimum atomic E-state index is -3.92. The molecular formula is C14H11Cl2FN2O3S. The first-order valence-corrected chi connectivity index (χ1v) is 8.52. The highest BCUT2D eigenvalue weighted by Crippen LogP contribution is 2.29. The Morgan fingerprint density at radius 3 is 2.39 bits per heavy atom. The highest BCUT2D eigenvalue weighted by atomic mass is 35.5. The summed E-state index contributed by atoms with van der Waals surface area (Å²) in [5.41, 5.74) is 0.269. The predicted molar refractivity (Wildman–Crippen MR) is 86.7 cm³/mol. The fourth-order valence-electron chi connectivity index (χ4n) is 1.65. The molecule has 5 nitrogen and oxygen atoms in total. The third-order valence-electron chi connectivity index (χ3n) is 2.77. The molecule has 0 bridgehead atoms. The molecule has 0 aliphatic rings. The first-order chi connectivity index (χ1) is 10.8. The van der Waals surface area contributed by atoms with E-state index in [1.807, 2.05) is 0 Å². The summed E-state index contributed by atoms with van der Waals surface area (Å²) < 4.78 is 38.8. The SMILES string of the molecule is O=C(CNS(=O)(=O)c1ccc(F)cc1)Nc1cccc(Cl)c1Cl. The number of amides is 1. The van der Waals surface area contributed by atoms with E-state index in [4.69, 9.17) is 23.2 Å². The number of hydrogen-bond donors (Lipinski definition) is 2. The number of carbonyl (C=O) groups excluding carboxylic acids is 1. The van der Waals surface area contributed by atoms with E-state index >= 15 is 0 Å². The summed E-state index contributed by atoms with van der Waals surface area (Å²) >= 11 is 11.7. The number of rotatable bonds is 5. The van der Waals surface area contributed by atoms with Crippen LogP contribution in [0.25, 0.3) is 0 Å². The zero-order valence-corrected chi connectivity index (χ0v) is 13.8. The second-order valence-electron chi connectivity index (χ2n) is 4.43. The number of halogens is 3. The van der Waals surface area contributed by atoms with Crippen molar-refractivity contribution >= 4 is 44.8 Å². The Hall–Kier alpha value is -1.67. The van der Waals surface area contributed by atoms with Gasteiger partial charge in [0.05, 0.1) is 27.2 Å². The second kappa shape index (κ2) is 7.27. The van der Waals surface area contributed by atoms with Crippen LogP contribution in [-0.4, -0.2) is 20.9 Å². The van der Waals surface area contributed by atoms with E-state index in [9.17, 15) is 17.6 Å². The molecule has 2 rings (SSSR count). The van der Waals surface area contributed by atoms with Gasteiger partial charge >= 0.3 is 0 Å². The van der Waals surface area contributed by atoms with Gasteiger partial charge in [-0.1, -0.05) is 29.3 Å². The van der Waals surface area contributed by atoms with Crippen LogP contribution in [0.2, 0.25) is 10.0 Å². The van der Waals surface area contributed by atoms with Gasteiger partial charge < -0.3 is 5.32 Å². The Balaban J connectivity index is 2.01. The average Bonchev–Trinajstić information content (AvgIpc) is 2.50. The molecule has 122 valence electrons. The van der Waals surface area contributed by atoms with Crippen molar-refractivity contribution < 1.29 is 17.6 Å². The summed E-state index contributed by atoms with van der Waals surface area (Å²) in [6, 6.07) is 8.90. The first kappa shape index (κ1) is 17.7. The van der Waals surface area contributed by atoms with Gasteiger partial charge in [-0.05, 0) is 36.4 Å². The normalized spacial score (nSPS) is 11.3. The number of sulfonamides is 1. The minimum Gasteiger partial charge on any atom is -0.324 e. The van der Waals surface area contributed by atoms with Crippen molar-refractivity contribution in [3.8, 4) is 0 Å². The van der Waals surface area contributed by atoms with Crippen molar-refractivity contribution in [1.82, 2.24) is 4.72 Å². The maximum Gasteiger partial charge on any atom is 0.241 e. The highest BCUT2D eigenvalue weighted by molar-refractivity contribution is 7.89. The quantitative estimate of drug-likeness (QED) is 0.841. The number of benzene rings is 2. The molecule has 2 aromatic rings. The Morgan fingerprint density at radius 1 is 1.09 bits per heavy atom. The predicted octanol–water partition coefficient (Wildman–Crippen LogP) is 3.05. The molecule has 0 unspecified atom stereocenters. The van der Waals surface area contributed by atoms with Crippen LogP contribution in [0.5, 0.6) is 0 Å². The zero-order valence-electron chi connectivity index (χ0n) is 11.5. The van der Waals surface area contributed by atoms with E-state index in [1.54, 1.807) is 12.1 Å². The Kier molecular flexibility index (Phi) is 5.59. The number of carbonyl (C=O) groups is 1. The smallest absolute Gasteiger partial charge is 0.241 e. The molecule has 9 heteroatoms. The summed E-state index contributed by atoms with van der Waals surface area (Å²) in [5.74, 6) is -1.18. The highest BCUT2D eigenvalue weighted by Gasteiger charge is 2.16. The molecule has 2 N–H and O–H groups in total. The van der Waals surface area contributed by atoms with Gasteiger partial charge in [0.1, 0.15) is 5.82 Å². The minimum absolute atomic E-state index is 0.146. The van der Waals surface area contributed by atoms with Gasteiger partial charge in [0.15, 0.2) is 0 Å². The van der Waals surface area contributed by atoms with Crippen molar-refractivity contribution in [3.63, 3.8) is 0 Å². The lowest BCUT2D eigenvalue weighted by atomic mass is 10.3. The van der Waals surface area contributed by atoms with Gasteiger partial charge in [-0.25, -0.2) is 17.5 Å². The van der Waals surface area contributed by atoms with E-state index in [0.29, 0.717) is 0 Å². The van der Waals surface area contributed by atoms with Crippen molar-refractivity contribution in [3.05, 3.63) is 58.3 Å². The van der Waals surface area contributed by atoms with Crippen LogP contribution in [-0.2, 0) is 14.8 Å². The summed E-state index contributed by atoms with van der Waals surface area (Å²) in [5, 5.41) is 2.86. The van der Waals surface area contributed by atoms with Gasteiger partial charge in [-0.3, -0.25) is 4.79 Å². The van der Waals surface area contributed by atoms with Crippen molar-refractivity contribution in [2.75, 3.05) is 11.9 Å². The topological polar surface area (TPSA) is 75.3 Å². The lowest BCUT2D eigenvalue weighted by Crippen LogP contribution is -2.33. The van der Waals surface area contributed by atoms with Gasteiger partial charge in [0.2, 0.25) is 15.9 Å². The Morgan fingerprint density at radius 2 is 1.74 bits per heavy atom. The number of nitrogens with one attached hydrogen (secondary N) is 2. The molecule has 0 radical (unpaired) electrons. The van der Waals surface area contributed by atoms with E-state index in [0.717, 1.165) is 24.3 Å². The Bertz CT molecular complexity index is 826. The van der Waals surface area contributed by atoms with E-state index < -0.39 is 28.3 Å².